The minimum Gasteiger partial charge on any atom is -0.484 e. The van der Waals surface area contributed by atoms with Crippen molar-refractivity contribution >= 4 is 34.6 Å². The zero-order valence-electron chi connectivity index (χ0n) is 14.0. The first-order valence-corrected chi connectivity index (χ1v) is 8.18. The van der Waals surface area contributed by atoms with E-state index in [4.69, 9.17) is 16.3 Å². The van der Waals surface area contributed by atoms with Gasteiger partial charge in [0.05, 0.1) is 6.21 Å². The number of benzene rings is 2. The maximum absolute atomic E-state index is 11.9. The molecule has 0 spiro atoms. The summed E-state index contributed by atoms with van der Waals surface area (Å²) in [7, 11) is 2.01. The highest BCUT2D eigenvalue weighted by molar-refractivity contribution is 6.30. The molecule has 0 fully saturated rings. The first-order valence-electron chi connectivity index (χ1n) is 7.80. The number of ether oxygens (including phenoxy) is 1. The van der Waals surface area contributed by atoms with Crippen LogP contribution in [0.15, 0.2) is 53.6 Å². The average Bonchev–Trinajstić information content (AvgIpc) is 2.85. The Kier molecular flexibility index (Phi) is 5.05. The highest BCUT2D eigenvalue weighted by Gasteiger charge is 2.09. The Hall–Kier alpha value is -2.79. The third-order valence-electron chi connectivity index (χ3n) is 4.00. The van der Waals surface area contributed by atoms with Crippen molar-refractivity contribution < 1.29 is 9.53 Å². The van der Waals surface area contributed by atoms with Crippen LogP contribution in [0.3, 0.4) is 0 Å². The van der Waals surface area contributed by atoms with E-state index in [9.17, 15) is 4.79 Å². The second kappa shape index (κ2) is 7.40. The van der Waals surface area contributed by atoms with Gasteiger partial charge in [-0.05, 0) is 31.2 Å². The lowest BCUT2D eigenvalue weighted by Gasteiger charge is -2.05. The van der Waals surface area contributed by atoms with Crippen molar-refractivity contribution in [3.63, 3.8) is 0 Å². The molecule has 1 N–H and O–H groups in total. The predicted octanol–water partition coefficient (Wildman–Crippen LogP) is 3.67. The summed E-state index contributed by atoms with van der Waals surface area (Å²) < 4.78 is 7.47. The van der Waals surface area contributed by atoms with E-state index in [0.29, 0.717) is 10.8 Å². The molecular weight excluding hydrogens is 338 g/mol. The normalized spacial score (nSPS) is 11.2. The molecule has 0 aliphatic rings. The van der Waals surface area contributed by atoms with Crippen LogP contribution in [0.4, 0.5) is 0 Å². The standard InChI is InChI=1S/C19H18ClN3O2/c1-13-17(16-8-3-4-9-18(16)23(13)2)11-21-22-19(24)12-25-15-7-5-6-14(20)10-15/h3-11H,12H2,1-2H3,(H,22,24)/b21-11+. The molecule has 1 heterocycles. The average molecular weight is 356 g/mol. The molecule has 0 unspecified atom stereocenters. The summed E-state index contributed by atoms with van der Waals surface area (Å²) >= 11 is 5.87. The summed E-state index contributed by atoms with van der Waals surface area (Å²) in [5.41, 5.74) is 5.66. The summed E-state index contributed by atoms with van der Waals surface area (Å²) in [6.07, 6.45) is 1.66. The predicted molar refractivity (Wildman–Crippen MR) is 100 cm³/mol. The molecule has 1 aromatic heterocycles. The SMILES string of the molecule is Cc1c(/C=N/NC(=O)COc2cccc(Cl)c2)c2ccccc2n1C. The van der Waals surface area contributed by atoms with Crippen molar-refractivity contribution in [1.82, 2.24) is 9.99 Å². The van der Waals surface area contributed by atoms with Crippen molar-refractivity contribution in [2.75, 3.05) is 6.61 Å². The van der Waals surface area contributed by atoms with Crippen LogP contribution >= 0.6 is 11.6 Å². The number of carbonyl (C=O) groups excluding carboxylic acids is 1. The van der Waals surface area contributed by atoms with Crippen molar-refractivity contribution in [3.05, 3.63) is 64.8 Å². The number of hydrogen-bond donors (Lipinski definition) is 1. The van der Waals surface area contributed by atoms with E-state index in [1.807, 2.05) is 32.2 Å². The lowest BCUT2D eigenvalue weighted by molar-refractivity contribution is -0.123. The molecule has 25 heavy (non-hydrogen) atoms. The van der Waals surface area contributed by atoms with E-state index in [0.717, 1.165) is 22.2 Å². The highest BCUT2D eigenvalue weighted by Crippen LogP contribution is 2.23. The molecule has 0 radical (unpaired) electrons. The van der Waals surface area contributed by atoms with Gasteiger partial charge in [-0.3, -0.25) is 4.79 Å². The third kappa shape index (κ3) is 3.83. The van der Waals surface area contributed by atoms with Gasteiger partial charge in [-0.15, -0.1) is 0 Å². The molecule has 128 valence electrons. The van der Waals surface area contributed by atoms with Crippen LogP contribution in [-0.2, 0) is 11.8 Å². The summed E-state index contributed by atoms with van der Waals surface area (Å²) in [5, 5.41) is 5.70. The van der Waals surface area contributed by atoms with Crippen molar-refractivity contribution in [2.24, 2.45) is 12.1 Å². The Labute approximate surface area is 150 Å². The van der Waals surface area contributed by atoms with Gasteiger partial charge in [0, 0.05) is 34.2 Å². The van der Waals surface area contributed by atoms with Gasteiger partial charge < -0.3 is 9.30 Å². The monoisotopic (exact) mass is 355 g/mol. The molecule has 2 aromatic carbocycles. The summed E-state index contributed by atoms with van der Waals surface area (Å²) in [6, 6.07) is 15.0. The maximum atomic E-state index is 11.9. The van der Waals surface area contributed by atoms with Gasteiger partial charge in [-0.25, -0.2) is 5.43 Å². The molecule has 3 rings (SSSR count). The van der Waals surface area contributed by atoms with Crippen LogP contribution in [-0.4, -0.2) is 23.3 Å². The Morgan fingerprint density at radius 2 is 2.08 bits per heavy atom. The minimum absolute atomic E-state index is 0.133. The number of halogens is 1. The molecule has 0 saturated heterocycles. The fourth-order valence-corrected chi connectivity index (χ4v) is 2.80. The van der Waals surface area contributed by atoms with Crippen molar-refractivity contribution in [2.45, 2.75) is 6.92 Å². The Morgan fingerprint density at radius 3 is 2.88 bits per heavy atom. The van der Waals surface area contributed by atoms with E-state index in [-0.39, 0.29) is 12.5 Å². The highest BCUT2D eigenvalue weighted by atomic mass is 35.5. The number of rotatable bonds is 5. The fourth-order valence-electron chi connectivity index (χ4n) is 2.62. The smallest absolute Gasteiger partial charge is 0.277 e. The molecule has 0 aliphatic carbocycles. The van der Waals surface area contributed by atoms with Gasteiger partial charge >= 0.3 is 0 Å². The largest absolute Gasteiger partial charge is 0.484 e. The molecular formula is C19H18ClN3O2. The van der Waals surface area contributed by atoms with E-state index in [1.165, 1.54) is 0 Å². The summed E-state index contributed by atoms with van der Waals surface area (Å²) in [4.78, 5) is 11.9. The van der Waals surface area contributed by atoms with E-state index in [2.05, 4.69) is 21.2 Å². The van der Waals surface area contributed by atoms with Gasteiger partial charge in [0.2, 0.25) is 0 Å². The number of aromatic nitrogens is 1. The van der Waals surface area contributed by atoms with E-state index in [1.54, 1.807) is 30.5 Å². The summed E-state index contributed by atoms with van der Waals surface area (Å²) in [6.45, 7) is 1.89. The first-order chi connectivity index (χ1) is 12.1. The van der Waals surface area contributed by atoms with Crippen LogP contribution in [0, 0.1) is 6.92 Å². The number of amides is 1. The van der Waals surface area contributed by atoms with Gasteiger partial charge in [0.15, 0.2) is 6.61 Å². The first kappa shape index (κ1) is 17.0. The van der Waals surface area contributed by atoms with Crippen LogP contribution in [0.5, 0.6) is 5.75 Å². The number of nitrogens with one attached hydrogen (secondary N) is 1. The molecule has 1 amide bonds. The second-order valence-corrected chi connectivity index (χ2v) is 6.05. The molecule has 0 bridgehead atoms. The Morgan fingerprint density at radius 1 is 1.28 bits per heavy atom. The molecule has 6 heteroatoms. The molecule has 0 saturated carbocycles. The molecule has 0 aliphatic heterocycles. The number of carbonyl (C=O) groups is 1. The molecule has 5 nitrogen and oxygen atoms in total. The van der Waals surface area contributed by atoms with Crippen LogP contribution in [0.2, 0.25) is 5.02 Å². The van der Waals surface area contributed by atoms with Crippen LogP contribution in [0.25, 0.3) is 10.9 Å². The van der Waals surface area contributed by atoms with Gasteiger partial charge in [0.1, 0.15) is 5.75 Å². The number of hydrazone groups is 1. The quantitative estimate of drug-likeness (QED) is 0.561. The minimum atomic E-state index is -0.339. The number of fused-ring (bicyclic) bond motifs is 1. The topological polar surface area (TPSA) is 55.6 Å². The van der Waals surface area contributed by atoms with Crippen molar-refractivity contribution in [3.8, 4) is 5.75 Å². The van der Waals surface area contributed by atoms with E-state index < -0.39 is 0 Å². The molecule has 3 aromatic rings. The third-order valence-corrected chi connectivity index (χ3v) is 4.23. The maximum Gasteiger partial charge on any atom is 0.277 e. The lowest BCUT2D eigenvalue weighted by atomic mass is 10.1. The zero-order valence-corrected chi connectivity index (χ0v) is 14.7. The van der Waals surface area contributed by atoms with Gasteiger partial charge in [-0.1, -0.05) is 35.9 Å². The van der Waals surface area contributed by atoms with Crippen molar-refractivity contribution in [1.29, 1.82) is 0 Å². The number of nitrogens with zero attached hydrogens (tertiary/aromatic N) is 2. The summed E-state index contributed by atoms with van der Waals surface area (Å²) in [5.74, 6) is 0.200. The number of aryl methyl sites for hydroxylation is 1. The van der Waals surface area contributed by atoms with Gasteiger partial charge in [-0.2, -0.15) is 5.10 Å². The van der Waals surface area contributed by atoms with Gasteiger partial charge in [0.25, 0.3) is 5.91 Å². The van der Waals surface area contributed by atoms with E-state index >= 15 is 0 Å². The Bertz CT molecular complexity index is 947. The van der Waals surface area contributed by atoms with Crippen LogP contribution < -0.4 is 10.2 Å². The second-order valence-electron chi connectivity index (χ2n) is 5.61. The zero-order chi connectivity index (χ0) is 17.8. The number of para-hydroxylation sites is 1. The lowest BCUT2D eigenvalue weighted by Crippen LogP contribution is -2.24. The fraction of sp³-hybridized carbons (Fsp3) is 0.158. The number of hydrogen-bond acceptors (Lipinski definition) is 3. The Balaban J connectivity index is 1.63. The van der Waals surface area contributed by atoms with Crippen LogP contribution in [0.1, 0.15) is 11.3 Å². The molecule has 0 atom stereocenters.